The maximum atomic E-state index is 12.8. The lowest BCUT2D eigenvalue weighted by Crippen LogP contribution is -2.21. The Kier molecular flexibility index (Phi) is 5.89. The summed E-state index contributed by atoms with van der Waals surface area (Å²) in [6, 6.07) is 11.2. The van der Waals surface area contributed by atoms with E-state index in [0.29, 0.717) is 22.8 Å². The molecule has 0 heterocycles. The number of ether oxygens (including phenoxy) is 2. The van der Waals surface area contributed by atoms with Gasteiger partial charge in [-0.2, -0.15) is 5.10 Å². The Labute approximate surface area is 140 Å². The Morgan fingerprint density at radius 3 is 2.38 bits per heavy atom. The highest BCUT2D eigenvalue weighted by atomic mass is 19.1. The molecule has 2 aromatic rings. The number of methoxy groups -OCH3 is 2. The van der Waals surface area contributed by atoms with Crippen molar-refractivity contribution >= 4 is 11.6 Å². The van der Waals surface area contributed by atoms with Gasteiger partial charge in [0.15, 0.2) is 11.5 Å². The predicted molar refractivity (Wildman–Crippen MR) is 90.0 cm³/mol. The Hall–Kier alpha value is -2.89. The number of rotatable bonds is 6. The first-order valence-corrected chi connectivity index (χ1v) is 7.33. The average molecular weight is 330 g/mol. The minimum absolute atomic E-state index is 0.128. The maximum Gasteiger partial charge on any atom is 0.244 e. The van der Waals surface area contributed by atoms with Crippen molar-refractivity contribution in [3.8, 4) is 11.5 Å². The van der Waals surface area contributed by atoms with Gasteiger partial charge in [-0.3, -0.25) is 4.79 Å². The van der Waals surface area contributed by atoms with Gasteiger partial charge >= 0.3 is 0 Å². The fraction of sp³-hybridized carbons (Fsp3) is 0.222. The average Bonchev–Trinajstić information content (AvgIpc) is 2.61. The Balaban J connectivity index is 2.02. The zero-order valence-corrected chi connectivity index (χ0v) is 13.8. The number of amides is 1. The van der Waals surface area contributed by atoms with E-state index in [-0.39, 0.29) is 18.1 Å². The quantitative estimate of drug-likeness (QED) is 0.654. The zero-order valence-electron chi connectivity index (χ0n) is 13.8. The molecule has 6 heteroatoms. The second-order valence-electron chi connectivity index (χ2n) is 5.11. The summed E-state index contributed by atoms with van der Waals surface area (Å²) >= 11 is 0. The number of hydrogen-bond acceptors (Lipinski definition) is 4. The molecule has 24 heavy (non-hydrogen) atoms. The van der Waals surface area contributed by atoms with Crippen molar-refractivity contribution in [2.24, 2.45) is 5.10 Å². The molecule has 0 aliphatic heterocycles. The van der Waals surface area contributed by atoms with Crippen LogP contribution in [-0.4, -0.2) is 25.8 Å². The molecular weight excluding hydrogens is 311 g/mol. The first kappa shape index (κ1) is 17.5. The minimum Gasteiger partial charge on any atom is -0.493 e. The Bertz CT molecular complexity index is 742. The summed E-state index contributed by atoms with van der Waals surface area (Å²) in [6.45, 7) is 1.78. The van der Waals surface area contributed by atoms with Gasteiger partial charge in [-0.15, -0.1) is 0 Å². The summed E-state index contributed by atoms with van der Waals surface area (Å²) < 4.78 is 23.3. The molecule has 5 nitrogen and oxygen atoms in total. The molecule has 126 valence electrons. The van der Waals surface area contributed by atoms with Crippen molar-refractivity contribution in [1.29, 1.82) is 0 Å². The molecule has 0 spiro atoms. The van der Waals surface area contributed by atoms with Gasteiger partial charge in [-0.25, -0.2) is 9.82 Å². The van der Waals surface area contributed by atoms with Crippen molar-refractivity contribution < 1.29 is 18.7 Å². The van der Waals surface area contributed by atoms with E-state index in [2.05, 4.69) is 10.5 Å². The van der Waals surface area contributed by atoms with Gasteiger partial charge in [0, 0.05) is 5.56 Å². The number of benzene rings is 2. The number of nitrogens with one attached hydrogen (secondary N) is 1. The summed E-state index contributed by atoms with van der Waals surface area (Å²) in [4.78, 5) is 11.9. The molecule has 0 aliphatic rings. The molecule has 0 bridgehead atoms. The van der Waals surface area contributed by atoms with Gasteiger partial charge in [-0.05, 0) is 42.8 Å². The molecule has 0 saturated carbocycles. The normalized spacial score (nSPS) is 11.1. The van der Waals surface area contributed by atoms with Crippen LogP contribution in [0.5, 0.6) is 11.5 Å². The van der Waals surface area contributed by atoms with Crippen LogP contribution in [0.3, 0.4) is 0 Å². The fourth-order valence-electron chi connectivity index (χ4n) is 2.10. The van der Waals surface area contributed by atoms with Gasteiger partial charge in [0.1, 0.15) is 5.82 Å². The molecule has 0 atom stereocenters. The van der Waals surface area contributed by atoms with E-state index in [0.717, 1.165) is 5.56 Å². The van der Waals surface area contributed by atoms with Crippen LogP contribution in [0.1, 0.15) is 18.1 Å². The Morgan fingerprint density at radius 1 is 1.08 bits per heavy atom. The number of hydrogen-bond donors (Lipinski definition) is 1. The molecule has 2 rings (SSSR count). The second kappa shape index (κ2) is 8.10. The molecule has 0 radical (unpaired) electrons. The van der Waals surface area contributed by atoms with Gasteiger partial charge in [0.2, 0.25) is 5.91 Å². The van der Waals surface area contributed by atoms with Crippen LogP contribution in [0, 0.1) is 5.82 Å². The standard InChI is InChI=1S/C18H19FN2O3/c1-12(14-6-9-16(23-2)17(11-14)24-3)20-21-18(22)10-13-4-7-15(19)8-5-13/h4-9,11H,10H2,1-3H3,(H,21,22)/b20-12+. The van der Waals surface area contributed by atoms with Crippen LogP contribution in [0.25, 0.3) is 0 Å². The number of carbonyl (C=O) groups excluding carboxylic acids is 1. The molecule has 0 saturated heterocycles. The van der Waals surface area contributed by atoms with Crippen molar-refractivity contribution in [3.05, 3.63) is 59.4 Å². The third-order valence-electron chi connectivity index (χ3n) is 3.43. The van der Waals surface area contributed by atoms with Crippen LogP contribution in [0.4, 0.5) is 4.39 Å². The second-order valence-corrected chi connectivity index (χ2v) is 5.11. The third kappa shape index (κ3) is 4.55. The van der Waals surface area contributed by atoms with Crippen molar-refractivity contribution in [2.45, 2.75) is 13.3 Å². The largest absolute Gasteiger partial charge is 0.493 e. The first-order chi connectivity index (χ1) is 11.5. The van der Waals surface area contributed by atoms with Gasteiger partial charge in [0.05, 0.1) is 26.4 Å². The Morgan fingerprint density at radius 2 is 1.75 bits per heavy atom. The number of hydrazone groups is 1. The highest BCUT2D eigenvalue weighted by Crippen LogP contribution is 2.27. The molecule has 0 aliphatic carbocycles. The number of nitrogens with zero attached hydrogens (tertiary/aromatic N) is 1. The van der Waals surface area contributed by atoms with Gasteiger partial charge in [-0.1, -0.05) is 12.1 Å². The smallest absolute Gasteiger partial charge is 0.244 e. The topological polar surface area (TPSA) is 59.9 Å². The lowest BCUT2D eigenvalue weighted by Gasteiger charge is -2.09. The van der Waals surface area contributed by atoms with Gasteiger partial charge < -0.3 is 9.47 Å². The van der Waals surface area contributed by atoms with E-state index in [1.807, 2.05) is 6.07 Å². The lowest BCUT2D eigenvalue weighted by atomic mass is 10.1. The maximum absolute atomic E-state index is 12.8. The summed E-state index contributed by atoms with van der Waals surface area (Å²) in [6.07, 6.45) is 0.128. The number of carbonyl (C=O) groups is 1. The molecule has 0 fully saturated rings. The van der Waals surface area contributed by atoms with Crippen LogP contribution < -0.4 is 14.9 Å². The van der Waals surface area contributed by atoms with E-state index < -0.39 is 0 Å². The van der Waals surface area contributed by atoms with E-state index in [4.69, 9.17) is 9.47 Å². The fourth-order valence-corrected chi connectivity index (χ4v) is 2.10. The summed E-state index contributed by atoms with van der Waals surface area (Å²) in [7, 11) is 3.12. The highest BCUT2D eigenvalue weighted by molar-refractivity contribution is 5.99. The summed E-state index contributed by atoms with van der Waals surface area (Å²) in [5.41, 5.74) is 4.64. The monoisotopic (exact) mass is 330 g/mol. The molecule has 1 N–H and O–H groups in total. The predicted octanol–water partition coefficient (Wildman–Crippen LogP) is 2.93. The van der Waals surface area contributed by atoms with Crippen LogP contribution in [-0.2, 0) is 11.2 Å². The van der Waals surface area contributed by atoms with Crippen molar-refractivity contribution in [1.82, 2.24) is 5.43 Å². The van der Waals surface area contributed by atoms with Gasteiger partial charge in [0.25, 0.3) is 0 Å². The zero-order chi connectivity index (χ0) is 17.5. The molecular formula is C18H19FN2O3. The van der Waals surface area contributed by atoms with Crippen LogP contribution >= 0.6 is 0 Å². The van der Waals surface area contributed by atoms with Crippen molar-refractivity contribution in [2.75, 3.05) is 14.2 Å². The highest BCUT2D eigenvalue weighted by Gasteiger charge is 2.07. The van der Waals surface area contributed by atoms with E-state index in [1.165, 1.54) is 12.1 Å². The van der Waals surface area contributed by atoms with Crippen LogP contribution in [0.2, 0.25) is 0 Å². The number of halogens is 1. The van der Waals surface area contributed by atoms with E-state index in [1.54, 1.807) is 45.4 Å². The van der Waals surface area contributed by atoms with Crippen molar-refractivity contribution in [3.63, 3.8) is 0 Å². The van der Waals surface area contributed by atoms with E-state index in [9.17, 15) is 9.18 Å². The SMILES string of the molecule is COc1ccc(/C(C)=N/NC(=O)Cc2ccc(F)cc2)cc1OC. The third-order valence-corrected chi connectivity index (χ3v) is 3.43. The van der Waals surface area contributed by atoms with E-state index >= 15 is 0 Å². The lowest BCUT2D eigenvalue weighted by molar-refractivity contribution is -0.120. The minimum atomic E-state index is -0.332. The molecule has 0 aromatic heterocycles. The summed E-state index contributed by atoms with van der Waals surface area (Å²) in [5, 5.41) is 4.09. The molecule has 2 aromatic carbocycles. The summed E-state index contributed by atoms with van der Waals surface area (Å²) in [5.74, 6) is 0.597. The first-order valence-electron chi connectivity index (χ1n) is 7.33. The molecule has 1 amide bonds. The van der Waals surface area contributed by atoms with Crippen LogP contribution in [0.15, 0.2) is 47.6 Å². The molecule has 0 unspecified atom stereocenters.